The third kappa shape index (κ3) is 6.01. The zero-order valence-corrected chi connectivity index (χ0v) is 18.2. The fraction of sp³-hybridized carbons (Fsp3) is 0.300. The summed E-state index contributed by atoms with van der Waals surface area (Å²) < 4.78 is 59.4. The lowest BCUT2D eigenvalue weighted by atomic mass is 10.1. The van der Waals surface area contributed by atoms with Crippen LogP contribution in [-0.4, -0.2) is 49.0 Å². The topological polar surface area (TPSA) is 155 Å². The maximum absolute atomic E-state index is 12.8. The van der Waals surface area contributed by atoms with Crippen LogP contribution >= 0.6 is 0 Å². The number of carbonyl (C=O) groups is 3. The Morgan fingerprint density at radius 2 is 1.76 bits per heavy atom. The molecular weight excluding hydrogens is 481 g/mol. The van der Waals surface area contributed by atoms with Crippen molar-refractivity contribution in [3.63, 3.8) is 0 Å². The molecule has 4 N–H and O–H groups in total. The second-order valence-electron chi connectivity index (χ2n) is 7.36. The van der Waals surface area contributed by atoms with Crippen LogP contribution in [0.5, 0.6) is 0 Å². The van der Waals surface area contributed by atoms with Gasteiger partial charge in [-0.1, -0.05) is 12.1 Å². The van der Waals surface area contributed by atoms with Crippen LogP contribution in [0.4, 0.5) is 24.7 Å². The van der Waals surface area contributed by atoms with E-state index < -0.39 is 28.1 Å². The molecule has 1 fully saturated rings. The van der Waals surface area contributed by atoms with Crippen LogP contribution < -0.4 is 15.4 Å². The molecule has 2 amide bonds. The number of halogens is 3. The third-order valence-corrected chi connectivity index (χ3v) is 6.21. The molecule has 0 unspecified atom stereocenters. The molecule has 1 aromatic carbocycles. The Bertz CT molecular complexity index is 1230. The van der Waals surface area contributed by atoms with Crippen molar-refractivity contribution >= 4 is 39.3 Å². The number of aliphatic carboxylic acids is 1. The van der Waals surface area contributed by atoms with E-state index in [1.807, 2.05) is 0 Å². The highest BCUT2D eigenvalue weighted by Gasteiger charge is 2.38. The number of hydrogen-bond acceptors (Lipinski definition) is 7. The number of anilines is 2. The lowest BCUT2D eigenvalue weighted by Crippen LogP contribution is -2.32. The van der Waals surface area contributed by atoms with E-state index in [-0.39, 0.29) is 28.0 Å². The number of benzene rings is 1. The maximum Gasteiger partial charge on any atom is 0.490 e. The maximum atomic E-state index is 12.8. The number of aromatic nitrogens is 1. The van der Waals surface area contributed by atoms with Gasteiger partial charge in [-0.2, -0.15) is 13.2 Å². The molecule has 0 spiro atoms. The molecule has 182 valence electrons. The second-order valence-corrected chi connectivity index (χ2v) is 9.01. The van der Waals surface area contributed by atoms with Gasteiger partial charge >= 0.3 is 12.1 Å². The Morgan fingerprint density at radius 3 is 2.38 bits per heavy atom. The van der Waals surface area contributed by atoms with Gasteiger partial charge in [0.1, 0.15) is 10.7 Å². The average molecular weight is 500 g/mol. The number of para-hydroxylation sites is 1. The first-order valence-corrected chi connectivity index (χ1v) is 11.4. The van der Waals surface area contributed by atoms with Gasteiger partial charge in [0.2, 0.25) is 5.91 Å². The molecule has 0 radical (unpaired) electrons. The molecule has 1 aromatic heterocycles. The fourth-order valence-corrected chi connectivity index (χ4v) is 4.16. The summed E-state index contributed by atoms with van der Waals surface area (Å²) in [6, 6.07) is 7.53. The molecule has 10 nitrogen and oxygen atoms in total. The molecule has 2 aliphatic rings. The number of hydrogen-bond donors (Lipinski definition) is 4. The first-order valence-electron chi connectivity index (χ1n) is 9.89. The van der Waals surface area contributed by atoms with Crippen LogP contribution in [0.3, 0.4) is 0 Å². The Balaban J connectivity index is 0.000000406. The highest BCUT2D eigenvalue weighted by Crippen LogP contribution is 2.31. The number of sulfonamides is 1. The van der Waals surface area contributed by atoms with Crippen molar-refractivity contribution in [1.29, 1.82) is 0 Å². The van der Waals surface area contributed by atoms with Crippen molar-refractivity contribution in [2.45, 2.75) is 30.3 Å². The minimum Gasteiger partial charge on any atom is -0.475 e. The van der Waals surface area contributed by atoms with Crippen LogP contribution in [0.2, 0.25) is 0 Å². The first-order chi connectivity index (χ1) is 15.9. The average Bonchev–Trinajstić information content (AvgIpc) is 3.50. The molecule has 2 heterocycles. The van der Waals surface area contributed by atoms with Crippen molar-refractivity contribution in [3.05, 3.63) is 47.7 Å². The zero-order valence-electron chi connectivity index (χ0n) is 17.3. The Hall–Kier alpha value is -3.68. The van der Waals surface area contributed by atoms with Gasteiger partial charge in [0.25, 0.3) is 15.9 Å². The number of rotatable bonds is 5. The van der Waals surface area contributed by atoms with Crippen LogP contribution in [0.15, 0.2) is 41.4 Å². The number of nitrogens with zero attached hydrogens (tertiary/aromatic N) is 1. The van der Waals surface area contributed by atoms with Crippen molar-refractivity contribution in [3.8, 4) is 0 Å². The zero-order chi connectivity index (χ0) is 25.1. The van der Waals surface area contributed by atoms with Gasteiger partial charge in [-0.05, 0) is 37.5 Å². The molecule has 0 atom stereocenters. The SMILES string of the molecule is O=C(NS(=O)(=O)c1ccccc1NC(=O)C1CC1)c1ccnc2c1CCN2.O=C(O)C(F)(F)F. The minimum absolute atomic E-state index is 0.0674. The van der Waals surface area contributed by atoms with Crippen molar-refractivity contribution < 1.29 is 41.1 Å². The molecule has 1 saturated carbocycles. The van der Waals surface area contributed by atoms with E-state index in [2.05, 4.69) is 20.3 Å². The predicted molar refractivity (Wildman–Crippen MR) is 113 cm³/mol. The second kappa shape index (κ2) is 9.67. The van der Waals surface area contributed by atoms with Crippen LogP contribution in [-0.2, 0) is 26.0 Å². The summed E-state index contributed by atoms with van der Waals surface area (Å²) in [6.07, 6.45) is -1.42. The van der Waals surface area contributed by atoms with E-state index in [1.54, 1.807) is 12.1 Å². The first kappa shape index (κ1) is 25.0. The van der Waals surface area contributed by atoms with Gasteiger partial charge in [0, 0.05) is 29.8 Å². The van der Waals surface area contributed by atoms with Gasteiger partial charge in [-0.25, -0.2) is 22.9 Å². The quantitative estimate of drug-likeness (QED) is 0.487. The summed E-state index contributed by atoms with van der Waals surface area (Å²) in [5.74, 6) is -3.16. The number of alkyl halides is 3. The lowest BCUT2D eigenvalue weighted by molar-refractivity contribution is -0.192. The molecule has 0 saturated heterocycles. The molecule has 14 heteroatoms. The molecule has 4 rings (SSSR count). The third-order valence-electron chi connectivity index (χ3n) is 4.82. The normalized spacial score (nSPS) is 14.7. The number of carboxylic acid groups (broad SMARTS) is 1. The summed E-state index contributed by atoms with van der Waals surface area (Å²) in [5.41, 5.74) is 1.13. The number of pyridine rings is 1. The van der Waals surface area contributed by atoms with Gasteiger partial charge in [-0.15, -0.1) is 0 Å². The van der Waals surface area contributed by atoms with E-state index in [1.165, 1.54) is 24.4 Å². The summed E-state index contributed by atoms with van der Waals surface area (Å²) in [7, 11) is -4.16. The number of amides is 2. The van der Waals surface area contributed by atoms with Crippen molar-refractivity contribution in [2.75, 3.05) is 17.2 Å². The van der Waals surface area contributed by atoms with Crippen molar-refractivity contribution in [2.24, 2.45) is 5.92 Å². The molecule has 1 aliphatic heterocycles. The highest BCUT2D eigenvalue weighted by atomic mass is 32.2. The Morgan fingerprint density at radius 1 is 1.12 bits per heavy atom. The standard InChI is InChI=1S/C18H18N4O4S.C2HF3O2/c23-17(11-5-6-11)21-14-3-1-2-4-15(14)27(25,26)22-18(24)13-8-10-20-16-12(13)7-9-19-16;3-2(4,5)1(6)7/h1-4,8,10-11H,5-7,9H2,(H,19,20)(H,21,23)(H,22,24);(H,6,7). The molecule has 2 aromatic rings. The predicted octanol–water partition coefficient (Wildman–Crippen LogP) is 2.15. The summed E-state index contributed by atoms with van der Waals surface area (Å²) in [5, 5.41) is 12.8. The molecule has 34 heavy (non-hydrogen) atoms. The number of carboxylic acids is 1. The fourth-order valence-electron chi connectivity index (χ4n) is 3.03. The highest BCUT2D eigenvalue weighted by molar-refractivity contribution is 7.90. The number of nitrogens with one attached hydrogen (secondary N) is 3. The van der Waals surface area contributed by atoms with E-state index in [4.69, 9.17) is 9.90 Å². The largest absolute Gasteiger partial charge is 0.490 e. The Kier molecular flexibility index (Phi) is 7.09. The molecular formula is C20H19F3N4O6S. The van der Waals surface area contributed by atoms with Gasteiger partial charge < -0.3 is 15.7 Å². The van der Waals surface area contributed by atoms with Crippen molar-refractivity contribution in [1.82, 2.24) is 9.71 Å². The van der Waals surface area contributed by atoms with Gasteiger partial charge in [0.05, 0.1) is 5.69 Å². The number of fused-ring (bicyclic) bond motifs is 1. The summed E-state index contributed by atoms with van der Waals surface area (Å²) in [6.45, 7) is 0.648. The van der Waals surface area contributed by atoms with E-state index >= 15 is 0 Å². The summed E-state index contributed by atoms with van der Waals surface area (Å²) >= 11 is 0. The van der Waals surface area contributed by atoms with Gasteiger partial charge in [-0.3, -0.25) is 9.59 Å². The Labute approximate surface area is 191 Å². The molecule has 1 aliphatic carbocycles. The lowest BCUT2D eigenvalue weighted by Gasteiger charge is -2.13. The minimum atomic E-state index is -5.08. The van der Waals surface area contributed by atoms with E-state index in [9.17, 15) is 31.2 Å². The van der Waals surface area contributed by atoms with Gasteiger partial charge in [0.15, 0.2) is 0 Å². The van der Waals surface area contributed by atoms with E-state index in [0.29, 0.717) is 24.3 Å². The van der Waals surface area contributed by atoms with Crippen LogP contribution in [0.1, 0.15) is 28.8 Å². The van der Waals surface area contributed by atoms with Crippen LogP contribution in [0, 0.1) is 5.92 Å². The smallest absolute Gasteiger partial charge is 0.475 e. The number of carbonyl (C=O) groups excluding carboxylic acids is 2. The summed E-state index contributed by atoms with van der Waals surface area (Å²) in [4.78, 5) is 37.5. The van der Waals surface area contributed by atoms with Crippen LogP contribution in [0.25, 0.3) is 0 Å². The van der Waals surface area contributed by atoms with E-state index in [0.717, 1.165) is 12.8 Å². The monoisotopic (exact) mass is 500 g/mol. The molecule has 0 bridgehead atoms.